The third kappa shape index (κ3) is 5.86. The van der Waals surface area contributed by atoms with Gasteiger partial charge in [0.2, 0.25) is 5.91 Å². The average Bonchev–Trinajstić information content (AvgIpc) is 2.98. The number of piperidine rings is 1. The highest BCUT2D eigenvalue weighted by Gasteiger charge is 2.14. The van der Waals surface area contributed by atoms with Crippen LogP contribution in [-0.2, 0) is 17.8 Å². The van der Waals surface area contributed by atoms with E-state index in [9.17, 15) is 4.79 Å². The zero-order valence-corrected chi connectivity index (χ0v) is 17.0. The molecule has 7 heteroatoms. The van der Waals surface area contributed by atoms with Crippen molar-refractivity contribution in [1.29, 1.82) is 0 Å². The lowest BCUT2D eigenvalue weighted by molar-refractivity contribution is -0.121. The lowest BCUT2D eigenvalue weighted by Crippen LogP contribution is -2.30. The zero-order chi connectivity index (χ0) is 16.8. The number of aromatic nitrogens is 2. The minimum atomic E-state index is 0. The van der Waals surface area contributed by atoms with Crippen LogP contribution in [0.2, 0.25) is 0 Å². The van der Waals surface area contributed by atoms with Gasteiger partial charge in [0.15, 0.2) is 0 Å². The lowest BCUT2D eigenvalue weighted by atomic mass is 9.93. The Bertz CT molecular complexity index is 683. The fourth-order valence-electron chi connectivity index (χ4n) is 3.58. The number of para-hydroxylation sites is 2. The number of hydrogen-bond acceptors (Lipinski definition) is 3. The van der Waals surface area contributed by atoms with E-state index < -0.39 is 0 Å². The van der Waals surface area contributed by atoms with Crippen LogP contribution in [0, 0.1) is 5.92 Å². The van der Waals surface area contributed by atoms with Crippen LogP contribution in [0.3, 0.4) is 0 Å². The maximum atomic E-state index is 12.0. The molecule has 0 unspecified atom stereocenters. The van der Waals surface area contributed by atoms with Gasteiger partial charge in [0, 0.05) is 25.9 Å². The highest BCUT2D eigenvalue weighted by Crippen LogP contribution is 2.18. The van der Waals surface area contributed by atoms with Crippen molar-refractivity contribution in [3.05, 3.63) is 30.1 Å². The molecule has 0 spiro atoms. The Balaban J connectivity index is 0.00000169. The molecule has 1 aliphatic rings. The van der Waals surface area contributed by atoms with Crippen molar-refractivity contribution in [2.24, 2.45) is 5.92 Å². The van der Waals surface area contributed by atoms with Crippen molar-refractivity contribution in [2.75, 3.05) is 19.6 Å². The molecule has 1 aromatic heterocycles. The van der Waals surface area contributed by atoms with Crippen LogP contribution in [0.5, 0.6) is 0 Å². The number of benzene rings is 1. The van der Waals surface area contributed by atoms with Gasteiger partial charge in [-0.05, 0) is 57.3 Å². The third-order valence-corrected chi connectivity index (χ3v) is 4.96. The van der Waals surface area contributed by atoms with Crippen molar-refractivity contribution in [3.63, 3.8) is 0 Å². The Morgan fingerprint density at radius 3 is 2.73 bits per heavy atom. The molecule has 0 radical (unpaired) electrons. The van der Waals surface area contributed by atoms with Crippen LogP contribution in [0.4, 0.5) is 0 Å². The third-order valence-electron chi connectivity index (χ3n) is 4.96. The largest absolute Gasteiger partial charge is 0.356 e. The number of fused-ring (bicyclic) bond motifs is 1. The number of nitrogens with one attached hydrogen (secondary N) is 2. The molecular formula is C19H30Cl2N4O. The van der Waals surface area contributed by atoms with Crippen LogP contribution in [-0.4, -0.2) is 35.1 Å². The molecule has 3 rings (SSSR count). The standard InChI is InChI=1S/C19H28N4O.2ClH/c1-2-23-17-6-4-3-5-16(17)22-18(23)11-14-21-19(24)8-7-15-9-12-20-13-10-15;;/h3-6,15,20H,2,7-14H2,1H3,(H,21,24);2*1H. The van der Waals surface area contributed by atoms with Crippen molar-refractivity contribution < 1.29 is 4.79 Å². The summed E-state index contributed by atoms with van der Waals surface area (Å²) < 4.78 is 2.23. The van der Waals surface area contributed by atoms with Gasteiger partial charge >= 0.3 is 0 Å². The highest BCUT2D eigenvalue weighted by atomic mass is 35.5. The zero-order valence-electron chi connectivity index (χ0n) is 15.4. The Hall–Kier alpha value is -1.30. The first-order valence-corrected chi connectivity index (χ1v) is 9.19. The monoisotopic (exact) mass is 400 g/mol. The summed E-state index contributed by atoms with van der Waals surface area (Å²) in [5, 5.41) is 6.43. The van der Waals surface area contributed by atoms with E-state index >= 15 is 0 Å². The van der Waals surface area contributed by atoms with Crippen LogP contribution in [0.15, 0.2) is 24.3 Å². The maximum absolute atomic E-state index is 12.0. The molecule has 1 aliphatic heterocycles. The second-order valence-electron chi connectivity index (χ2n) is 6.59. The van der Waals surface area contributed by atoms with Gasteiger partial charge < -0.3 is 15.2 Å². The first kappa shape index (κ1) is 22.7. The van der Waals surface area contributed by atoms with Gasteiger partial charge in [0.1, 0.15) is 5.82 Å². The molecule has 0 aliphatic carbocycles. The second-order valence-corrected chi connectivity index (χ2v) is 6.59. The van der Waals surface area contributed by atoms with Crippen LogP contribution < -0.4 is 10.6 Å². The van der Waals surface area contributed by atoms with Gasteiger partial charge in [-0.2, -0.15) is 0 Å². The normalized spacial score (nSPS) is 14.5. The number of imidazole rings is 1. The van der Waals surface area contributed by atoms with Crippen molar-refractivity contribution >= 4 is 41.8 Å². The molecule has 0 atom stereocenters. The highest BCUT2D eigenvalue weighted by molar-refractivity contribution is 5.85. The summed E-state index contributed by atoms with van der Waals surface area (Å²) in [7, 11) is 0. The van der Waals surface area contributed by atoms with Crippen LogP contribution >= 0.6 is 24.8 Å². The van der Waals surface area contributed by atoms with E-state index in [0.29, 0.717) is 18.9 Å². The molecule has 1 saturated heterocycles. The molecule has 0 bridgehead atoms. The molecule has 1 fully saturated rings. The number of amides is 1. The van der Waals surface area contributed by atoms with E-state index in [1.54, 1.807) is 0 Å². The molecule has 2 aromatic rings. The van der Waals surface area contributed by atoms with Gasteiger partial charge in [-0.3, -0.25) is 4.79 Å². The summed E-state index contributed by atoms with van der Waals surface area (Å²) in [6.07, 6.45) is 4.85. The number of halogens is 2. The summed E-state index contributed by atoms with van der Waals surface area (Å²) in [4.78, 5) is 16.8. The molecule has 2 N–H and O–H groups in total. The van der Waals surface area contributed by atoms with E-state index in [4.69, 9.17) is 4.98 Å². The number of hydrogen-bond donors (Lipinski definition) is 2. The maximum Gasteiger partial charge on any atom is 0.220 e. The molecule has 1 aromatic carbocycles. The van der Waals surface area contributed by atoms with E-state index in [0.717, 1.165) is 43.8 Å². The first-order valence-electron chi connectivity index (χ1n) is 9.19. The Morgan fingerprint density at radius 2 is 2.00 bits per heavy atom. The van der Waals surface area contributed by atoms with Crippen molar-refractivity contribution in [2.45, 2.75) is 45.6 Å². The number of rotatable bonds is 7. The molecule has 5 nitrogen and oxygen atoms in total. The predicted molar refractivity (Wildman–Crippen MR) is 111 cm³/mol. The molecule has 26 heavy (non-hydrogen) atoms. The number of carbonyl (C=O) groups is 1. The van der Waals surface area contributed by atoms with Gasteiger partial charge in [-0.1, -0.05) is 12.1 Å². The van der Waals surface area contributed by atoms with Crippen molar-refractivity contribution in [3.8, 4) is 0 Å². The molecule has 2 heterocycles. The molecular weight excluding hydrogens is 371 g/mol. The van der Waals surface area contributed by atoms with Crippen LogP contribution in [0.1, 0.15) is 38.4 Å². The Kier molecular flexibility index (Phi) is 9.99. The van der Waals surface area contributed by atoms with Gasteiger partial charge in [-0.25, -0.2) is 4.98 Å². The molecule has 1 amide bonds. The van der Waals surface area contributed by atoms with Gasteiger partial charge in [-0.15, -0.1) is 24.8 Å². The Labute approximate surface area is 168 Å². The van der Waals surface area contributed by atoms with E-state index in [1.807, 2.05) is 18.2 Å². The summed E-state index contributed by atoms with van der Waals surface area (Å²) in [5.74, 6) is 1.94. The second kappa shape index (κ2) is 11.4. The average molecular weight is 401 g/mol. The number of carbonyl (C=O) groups excluding carboxylic acids is 1. The SMILES string of the molecule is CCn1c(CCNC(=O)CCC2CCNCC2)nc2ccccc21.Cl.Cl. The number of nitrogens with zero attached hydrogens (tertiary/aromatic N) is 2. The summed E-state index contributed by atoms with van der Waals surface area (Å²) in [5.41, 5.74) is 2.21. The minimum Gasteiger partial charge on any atom is -0.356 e. The fraction of sp³-hybridized carbons (Fsp3) is 0.579. The van der Waals surface area contributed by atoms with Gasteiger partial charge in [0.25, 0.3) is 0 Å². The summed E-state index contributed by atoms with van der Waals surface area (Å²) in [6.45, 7) is 5.89. The minimum absolute atomic E-state index is 0. The topological polar surface area (TPSA) is 59.0 Å². The molecule has 0 saturated carbocycles. The predicted octanol–water partition coefficient (Wildman–Crippen LogP) is 3.34. The van der Waals surface area contributed by atoms with Crippen molar-refractivity contribution in [1.82, 2.24) is 20.2 Å². The first-order chi connectivity index (χ1) is 11.8. The quantitative estimate of drug-likeness (QED) is 0.748. The van der Waals surface area contributed by atoms with E-state index in [1.165, 1.54) is 18.4 Å². The Morgan fingerprint density at radius 1 is 1.27 bits per heavy atom. The smallest absolute Gasteiger partial charge is 0.220 e. The summed E-state index contributed by atoms with van der Waals surface area (Å²) >= 11 is 0. The van der Waals surface area contributed by atoms with E-state index in [2.05, 4.69) is 28.2 Å². The fourth-order valence-corrected chi connectivity index (χ4v) is 3.58. The number of aryl methyl sites for hydroxylation is 1. The van der Waals surface area contributed by atoms with Crippen LogP contribution in [0.25, 0.3) is 11.0 Å². The molecule has 146 valence electrons. The lowest BCUT2D eigenvalue weighted by Gasteiger charge is -2.22. The van der Waals surface area contributed by atoms with Gasteiger partial charge in [0.05, 0.1) is 11.0 Å². The van der Waals surface area contributed by atoms with E-state index in [-0.39, 0.29) is 30.7 Å². The summed E-state index contributed by atoms with van der Waals surface area (Å²) in [6, 6.07) is 8.21.